The van der Waals surface area contributed by atoms with E-state index in [1.807, 2.05) is 54.6 Å². The fourth-order valence-corrected chi connectivity index (χ4v) is 2.60. The zero-order chi connectivity index (χ0) is 15.6. The summed E-state index contributed by atoms with van der Waals surface area (Å²) in [5.41, 5.74) is 3.20. The molecule has 0 atom stereocenters. The Morgan fingerprint density at radius 3 is 2.70 bits per heavy atom. The Labute approximate surface area is 132 Å². The molecular formula is C18H14N2O3. The van der Waals surface area contributed by atoms with Crippen molar-refractivity contribution in [1.29, 1.82) is 0 Å². The van der Waals surface area contributed by atoms with Crippen molar-refractivity contribution in [3.8, 4) is 22.8 Å². The molecule has 2 heterocycles. The number of ether oxygens (including phenoxy) is 2. The van der Waals surface area contributed by atoms with Crippen molar-refractivity contribution in [2.45, 2.75) is 6.42 Å². The van der Waals surface area contributed by atoms with Crippen LogP contribution >= 0.6 is 0 Å². The summed E-state index contributed by atoms with van der Waals surface area (Å²) >= 11 is 0. The van der Waals surface area contributed by atoms with E-state index in [1.165, 1.54) is 0 Å². The maximum atomic E-state index is 12.1. The summed E-state index contributed by atoms with van der Waals surface area (Å²) in [6.45, 7) is 0.243. The van der Waals surface area contributed by atoms with Crippen LogP contribution in [0.3, 0.4) is 0 Å². The molecule has 23 heavy (non-hydrogen) atoms. The van der Waals surface area contributed by atoms with Gasteiger partial charge in [0.05, 0.1) is 5.69 Å². The molecule has 0 fully saturated rings. The summed E-state index contributed by atoms with van der Waals surface area (Å²) in [5, 5.41) is 6.70. The molecule has 0 radical (unpaired) electrons. The van der Waals surface area contributed by atoms with Crippen LogP contribution in [0.25, 0.3) is 11.3 Å². The number of aromatic nitrogens is 2. The third kappa shape index (κ3) is 2.68. The molecule has 1 aliphatic heterocycles. The highest BCUT2D eigenvalue weighted by Crippen LogP contribution is 2.33. The van der Waals surface area contributed by atoms with Crippen molar-refractivity contribution in [1.82, 2.24) is 10.2 Å². The smallest absolute Gasteiger partial charge is 0.267 e. The van der Waals surface area contributed by atoms with E-state index in [9.17, 15) is 4.79 Å². The highest BCUT2D eigenvalue weighted by atomic mass is 16.7. The molecule has 114 valence electrons. The number of aromatic amines is 1. The Hall–Kier alpha value is -3.08. The predicted octanol–water partition coefficient (Wildman–Crippen LogP) is 2.76. The molecule has 5 nitrogen and oxygen atoms in total. The average molecular weight is 306 g/mol. The average Bonchev–Trinajstić information content (AvgIpc) is 3.05. The van der Waals surface area contributed by atoms with Gasteiger partial charge in [-0.15, -0.1) is 0 Å². The largest absolute Gasteiger partial charge is 0.454 e. The summed E-state index contributed by atoms with van der Waals surface area (Å²) in [4.78, 5) is 12.1. The SMILES string of the molecule is O=c1[nH]nc(-c2ccccc2)cc1Cc1ccc2c(c1)OCO2. The van der Waals surface area contributed by atoms with E-state index in [-0.39, 0.29) is 12.4 Å². The standard InChI is InChI=1S/C18H14N2O3/c21-18-14(8-12-6-7-16-17(9-12)23-11-22-16)10-15(19-20-18)13-4-2-1-3-5-13/h1-7,9-10H,8,11H2,(H,20,21). The third-order valence-electron chi connectivity index (χ3n) is 3.78. The molecule has 0 spiro atoms. The first kappa shape index (κ1) is 13.6. The van der Waals surface area contributed by atoms with Gasteiger partial charge in [0.25, 0.3) is 5.56 Å². The minimum atomic E-state index is -0.178. The first-order valence-corrected chi connectivity index (χ1v) is 7.32. The first-order chi connectivity index (χ1) is 11.3. The molecule has 0 bridgehead atoms. The Morgan fingerprint density at radius 1 is 1.00 bits per heavy atom. The second-order valence-electron chi connectivity index (χ2n) is 5.34. The molecule has 3 aromatic rings. The van der Waals surface area contributed by atoms with E-state index in [2.05, 4.69) is 10.2 Å². The van der Waals surface area contributed by atoms with Crippen LogP contribution in [-0.2, 0) is 6.42 Å². The van der Waals surface area contributed by atoms with Gasteiger partial charge in [0, 0.05) is 17.5 Å². The lowest BCUT2D eigenvalue weighted by Gasteiger charge is -2.05. The van der Waals surface area contributed by atoms with E-state index in [4.69, 9.17) is 9.47 Å². The van der Waals surface area contributed by atoms with Gasteiger partial charge in [-0.2, -0.15) is 5.10 Å². The summed E-state index contributed by atoms with van der Waals surface area (Å²) in [6, 6.07) is 17.3. The van der Waals surface area contributed by atoms with Crippen molar-refractivity contribution in [2.75, 3.05) is 6.79 Å². The molecule has 1 aliphatic rings. The van der Waals surface area contributed by atoms with Crippen molar-refractivity contribution in [3.05, 3.63) is 76.1 Å². The number of hydrogen-bond acceptors (Lipinski definition) is 4. The number of fused-ring (bicyclic) bond motifs is 1. The van der Waals surface area contributed by atoms with Gasteiger partial charge < -0.3 is 9.47 Å². The summed E-state index contributed by atoms with van der Waals surface area (Å²) in [5.74, 6) is 1.46. The second-order valence-corrected chi connectivity index (χ2v) is 5.34. The topological polar surface area (TPSA) is 64.2 Å². The zero-order valence-electron chi connectivity index (χ0n) is 12.3. The van der Waals surface area contributed by atoms with Gasteiger partial charge in [-0.05, 0) is 23.8 Å². The molecule has 0 unspecified atom stereocenters. The maximum Gasteiger partial charge on any atom is 0.267 e. The minimum absolute atomic E-state index is 0.178. The Bertz CT molecular complexity index is 904. The highest BCUT2D eigenvalue weighted by Gasteiger charge is 2.14. The lowest BCUT2D eigenvalue weighted by Crippen LogP contribution is -2.15. The van der Waals surface area contributed by atoms with Gasteiger partial charge in [-0.3, -0.25) is 4.79 Å². The quantitative estimate of drug-likeness (QED) is 0.808. The van der Waals surface area contributed by atoms with Gasteiger partial charge >= 0.3 is 0 Å². The van der Waals surface area contributed by atoms with E-state index in [0.717, 1.165) is 28.3 Å². The van der Waals surface area contributed by atoms with Gasteiger partial charge in [-0.25, -0.2) is 5.10 Å². The highest BCUT2D eigenvalue weighted by molar-refractivity contribution is 5.59. The Kier molecular flexibility index (Phi) is 3.31. The lowest BCUT2D eigenvalue weighted by molar-refractivity contribution is 0.174. The van der Waals surface area contributed by atoms with E-state index in [1.54, 1.807) is 0 Å². The van der Waals surface area contributed by atoms with Crippen molar-refractivity contribution in [3.63, 3.8) is 0 Å². The molecule has 4 rings (SSSR count). The van der Waals surface area contributed by atoms with Crippen LogP contribution in [0.1, 0.15) is 11.1 Å². The maximum absolute atomic E-state index is 12.1. The van der Waals surface area contributed by atoms with Gasteiger partial charge in [-0.1, -0.05) is 36.4 Å². The van der Waals surface area contributed by atoms with E-state index in [0.29, 0.717) is 12.0 Å². The fourth-order valence-electron chi connectivity index (χ4n) is 2.60. The Balaban J connectivity index is 1.67. The van der Waals surface area contributed by atoms with Crippen LogP contribution in [-0.4, -0.2) is 17.0 Å². The van der Waals surface area contributed by atoms with Gasteiger partial charge in [0.15, 0.2) is 11.5 Å². The van der Waals surface area contributed by atoms with Crippen LogP contribution in [0.15, 0.2) is 59.4 Å². The molecule has 5 heteroatoms. The van der Waals surface area contributed by atoms with Crippen LogP contribution in [0, 0.1) is 0 Å². The van der Waals surface area contributed by atoms with E-state index >= 15 is 0 Å². The van der Waals surface area contributed by atoms with Crippen LogP contribution in [0.2, 0.25) is 0 Å². The molecular weight excluding hydrogens is 292 g/mol. The molecule has 2 aromatic carbocycles. The molecule has 0 saturated heterocycles. The summed E-state index contributed by atoms with van der Waals surface area (Å²) in [6.07, 6.45) is 0.508. The normalized spacial score (nSPS) is 12.3. The number of H-pyrrole nitrogens is 1. The summed E-state index contributed by atoms with van der Waals surface area (Å²) in [7, 11) is 0. The van der Waals surface area contributed by atoms with Crippen molar-refractivity contribution in [2.24, 2.45) is 0 Å². The molecule has 0 aliphatic carbocycles. The minimum Gasteiger partial charge on any atom is -0.454 e. The number of nitrogens with zero attached hydrogens (tertiary/aromatic N) is 1. The van der Waals surface area contributed by atoms with E-state index < -0.39 is 0 Å². The molecule has 0 amide bonds. The Morgan fingerprint density at radius 2 is 1.83 bits per heavy atom. The number of nitrogens with one attached hydrogen (secondary N) is 1. The van der Waals surface area contributed by atoms with Crippen molar-refractivity contribution < 1.29 is 9.47 Å². The van der Waals surface area contributed by atoms with Crippen LogP contribution in [0.5, 0.6) is 11.5 Å². The van der Waals surface area contributed by atoms with Crippen molar-refractivity contribution >= 4 is 0 Å². The molecule has 1 N–H and O–H groups in total. The van der Waals surface area contributed by atoms with Gasteiger partial charge in [0.1, 0.15) is 0 Å². The number of rotatable bonds is 3. The monoisotopic (exact) mass is 306 g/mol. The lowest BCUT2D eigenvalue weighted by atomic mass is 10.0. The third-order valence-corrected chi connectivity index (χ3v) is 3.78. The van der Waals surface area contributed by atoms with Crippen LogP contribution in [0.4, 0.5) is 0 Å². The number of hydrogen-bond donors (Lipinski definition) is 1. The van der Waals surface area contributed by atoms with Gasteiger partial charge in [0.2, 0.25) is 6.79 Å². The first-order valence-electron chi connectivity index (χ1n) is 7.32. The molecule has 1 aromatic heterocycles. The zero-order valence-corrected chi connectivity index (χ0v) is 12.3. The molecule has 0 saturated carbocycles. The predicted molar refractivity (Wildman–Crippen MR) is 85.7 cm³/mol. The fraction of sp³-hybridized carbons (Fsp3) is 0.111. The number of benzene rings is 2. The second kappa shape index (κ2) is 5.61. The van der Waals surface area contributed by atoms with Crippen LogP contribution < -0.4 is 15.0 Å². The summed E-state index contributed by atoms with van der Waals surface area (Å²) < 4.78 is 10.7.